The molecule has 0 spiro atoms. The second-order valence-corrected chi connectivity index (χ2v) is 4.88. The van der Waals surface area contributed by atoms with E-state index < -0.39 is 0 Å². The van der Waals surface area contributed by atoms with Crippen LogP contribution in [-0.2, 0) is 0 Å². The Morgan fingerprint density at radius 3 is 2.78 bits per heavy atom. The average molecular weight is 247 g/mol. The van der Waals surface area contributed by atoms with Gasteiger partial charge in [-0.2, -0.15) is 0 Å². The molecule has 1 aromatic heterocycles. The molecular formula is C14H18FN3. The molecule has 96 valence electrons. The summed E-state index contributed by atoms with van der Waals surface area (Å²) in [5, 5.41) is 3.26. The van der Waals surface area contributed by atoms with Crippen LogP contribution < -0.4 is 5.32 Å². The first kappa shape index (κ1) is 12.6. The summed E-state index contributed by atoms with van der Waals surface area (Å²) in [4.78, 5) is 4.25. The van der Waals surface area contributed by atoms with E-state index in [0.29, 0.717) is 5.92 Å². The van der Waals surface area contributed by atoms with E-state index in [1.54, 1.807) is 6.20 Å². The summed E-state index contributed by atoms with van der Waals surface area (Å²) >= 11 is 0. The van der Waals surface area contributed by atoms with Crippen molar-refractivity contribution in [3.05, 3.63) is 42.0 Å². The lowest BCUT2D eigenvalue weighted by molar-refractivity contribution is 0.625. The third-order valence-electron chi connectivity index (χ3n) is 2.61. The van der Waals surface area contributed by atoms with Gasteiger partial charge in [0.05, 0.1) is 5.69 Å². The molecule has 0 unspecified atom stereocenters. The Morgan fingerprint density at radius 2 is 2.11 bits per heavy atom. The minimum Gasteiger partial charge on any atom is -0.355 e. The molecule has 2 rings (SSSR count). The van der Waals surface area contributed by atoms with E-state index in [0.717, 1.165) is 23.7 Å². The number of benzene rings is 1. The number of imidazole rings is 1. The van der Waals surface area contributed by atoms with Crippen LogP contribution in [-0.4, -0.2) is 16.1 Å². The quantitative estimate of drug-likeness (QED) is 0.897. The summed E-state index contributed by atoms with van der Waals surface area (Å²) in [7, 11) is 0. The Kier molecular flexibility index (Phi) is 3.65. The van der Waals surface area contributed by atoms with Crippen molar-refractivity contribution < 1.29 is 4.39 Å². The molecule has 0 aliphatic carbocycles. The molecule has 0 amide bonds. The number of rotatable bonds is 4. The highest BCUT2D eigenvalue weighted by Gasteiger charge is 2.06. The number of nitrogens with zero attached hydrogens (tertiary/aromatic N) is 2. The van der Waals surface area contributed by atoms with Gasteiger partial charge in [0.1, 0.15) is 5.82 Å². The third kappa shape index (κ3) is 2.88. The van der Waals surface area contributed by atoms with Crippen molar-refractivity contribution in [3.63, 3.8) is 0 Å². The molecule has 3 nitrogen and oxygen atoms in total. The summed E-state index contributed by atoms with van der Waals surface area (Å²) in [5.41, 5.74) is 1.68. The van der Waals surface area contributed by atoms with Crippen molar-refractivity contribution in [2.24, 2.45) is 5.92 Å². The molecule has 4 heteroatoms. The molecular weight excluding hydrogens is 229 g/mol. The predicted octanol–water partition coefficient (Wildman–Crippen LogP) is 3.39. The predicted molar refractivity (Wildman–Crippen MR) is 71.6 cm³/mol. The summed E-state index contributed by atoms with van der Waals surface area (Å²) in [6, 6.07) is 4.96. The van der Waals surface area contributed by atoms with Gasteiger partial charge in [0, 0.05) is 18.9 Å². The standard InChI is InChI=1S/C14H18FN3/c1-10(2)9-17-14-16-4-5-18(14)13-7-11(3)6-12(15)8-13/h4-8,10H,9H2,1-3H3,(H,16,17). The van der Waals surface area contributed by atoms with Gasteiger partial charge in [0.15, 0.2) is 0 Å². The summed E-state index contributed by atoms with van der Waals surface area (Å²) in [6.07, 6.45) is 3.54. The largest absolute Gasteiger partial charge is 0.355 e. The van der Waals surface area contributed by atoms with Gasteiger partial charge >= 0.3 is 0 Å². The van der Waals surface area contributed by atoms with Crippen molar-refractivity contribution >= 4 is 5.95 Å². The highest BCUT2D eigenvalue weighted by molar-refractivity contribution is 5.43. The number of aromatic nitrogens is 2. The number of hydrogen-bond acceptors (Lipinski definition) is 2. The van der Waals surface area contributed by atoms with Crippen molar-refractivity contribution in [1.29, 1.82) is 0 Å². The van der Waals surface area contributed by atoms with E-state index in [1.165, 1.54) is 12.1 Å². The van der Waals surface area contributed by atoms with Crippen LogP contribution >= 0.6 is 0 Å². The number of hydrogen-bond donors (Lipinski definition) is 1. The van der Waals surface area contributed by atoms with E-state index >= 15 is 0 Å². The number of nitrogens with one attached hydrogen (secondary N) is 1. The van der Waals surface area contributed by atoms with Gasteiger partial charge in [-0.05, 0) is 36.6 Å². The average Bonchev–Trinajstić information content (AvgIpc) is 2.72. The molecule has 0 radical (unpaired) electrons. The van der Waals surface area contributed by atoms with Crippen molar-refractivity contribution in [3.8, 4) is 5.69 Å². The highest BCUT2D eigenvalue weighted by atomic mass is 19.1. The number of aryl methyl sites for hydroxylation is 1. The number of halogens is 1. The fourth-order valence-electron chi connectivity index (χ4n) is 1.79. The maximum atomic E-state index is 13.4. The van der Waals surface area contributed by atoms with Crippen LogP contribution in [0.5, 0.6) is 0 Å². The third-order valence-corrected chi connectivity index (χ3v) is 2.61. The molecule has 0 fully saturated rings. The van der Waals surface area contributed by atoms with Crippen LogP contribution in [0.25, 0.3) is 5.69 Å². The van der Waals surface area contributed by atoms with Gasteiger partial charge < -0.3 is 5.32 Å². The van der Waals surface area contributed by atoms with Crippen LogP contribution in [0.3, 0.4) is 0 Å². The van der Waals surface area contributed by atoms with Crippen LogP contribution in [0.4, 0.5) is 10.3 Å². The van der Waals surface area contributed by atoms with Crippen molar-refractivity contribution in [2.75, 3.05) is 11.9 Å². The van der Waals surface area contributed by atoms with Gasteiger partial charge in [-0.25, -0.2) is 9.37 Å². The maximum Gasteiger partial charge on any atom is 0.207 e. The minimum atomic E-state index is -0.228. The normalized spacial score (nSPS) is 10.9. The van der Waals surface area contributed by atoms with Gasteiger partial charge in [-0.1, -0.05) is 13.8 Å². The summed E-state index contributed by atoms with van der Waals surface area (Å²) < 4.78 is 15.3. The molecule has 0 saturated carbocycles. The van der Waals surface area contributed by atoms with E-state index in [1.807, 2.05) is 23.8 Å². The molecule has 1 aromatic carbocycles. The Balaban J connectivity index is 2.30. The van der Waals surface area contributed by atoms with Gasteiger partial charge in [0.2, 0.25) is 5.95 Å². The van der Waals surface area contributed by atoms with Crippen molar-refractivity contribution in [1.82, 2.24) is 9.55 Å². The van der Waals surface area contributed by atoms with Gasteiger partial charge in [-0.3, -0.25) is 4.57 Å². The van der Waals surface area contributed by atoms with E-state index in [2.05, 4.69) is 24.1 Å². The number of anilines is 1. The summed E-state index contributed by atoms with van der Waals surface area (Å²) in [6.45, 7) is 6.98. The first-order chi connectivity index (χ1) is 8.56. The van der Waals surface area contributed by atoms with Crippen LogP contribution in [0.15, 0.2) is 30.6 Å². The molecule has 2 aromatic rings. The smallest absolute Gasteiger partial charge is 0.207 e. The van der Waals surface area contributed by atoms with Gasteiger partial charge in [-0.15, -0.1) is 0 Å². The Morgan fingerprint density at radius 1 is 1.33 bits per heavy atom. The topological polar surface area (TPSA) is 29.9 Å². The van der Waals surface area contributed by atoms with Crippen LogP contribution in [0.2, 0.25) is 0 Å². The van der Waals surface area contributed by atoms with E-state index in [-0.39, 0.29) is 5.82 Å². The Bertz CT molecular complexity index is 511. The molecule has 0 aliphatic heterocycles. The molecule has 18 heavy (non-hydrogen) atoms. The second kappa shape index (κ2) is 5.21. The lowest BCUT2D eigenvalue weighted by Crippen LogP contribution is -2.12. The van der Waals surface area contributed by atoms with E-state index in [4.69, 9.17) is 0 Å². The Labute approximate surface area is 107 Å². The first-order valence-electron chi connectivity index (χ1n) is 6.11. The zero-order chi connectivity index (χ0) is 13.1. The van der Waals surface area contributed by atoms with Gasteiger partial charge in [0.25, 0.3) is 0 Å². The molecule has 0 aliphatic rings. The molecule has 1 heterocycles. The van der Waals surface area contributed by atoms with E-state index in [9.17, 15) is 4.39 Å². The minimum absolute atomic E-state index is 0.228. The molecule has 0 saturated heterocycles. The molecule has 0 bridgehead atoms. The van der Waals surface area contributed by atoms with Crippen molar-refractivity contribution in [2.45, 2.75) is 20.8 Å². The lowest BCUT2D eigenvalue weighted by atomic mass is 10.2. The zero-order valence-electron chi connectivity index (χ0n) is 10.9. The molecule has 1 N–H and O–H groups in total. The monoisotopic (exact) mass is 247 g/mol. The maximum absolute atomic E-state index is 13.4. The fourth-order valence-corrected chi connectivity index (χ4v) is 1.79. The summed E-state index contributed by atoms with van der Waals surface area (Å²) in [5.74, 6) is 1.05. The van der Waals surface area contributed by atoms with Crippen LogP contribution in [0, 0.1) is 18.7 Å². The molecule has 0 atom stereocenters. The second-order valence-electron chi connectivity index (χ2n) is 4.88. The highest BCUT2D eigenvalue weighted by Crippen LogP contribution is 2.17. The Hall–Kier alpha value is -1.84. The SMILES string of the molecule is Cc1cc(F)cc(-n2ccnc2NCC(C)C)c1. The first-order valence-corrected chi connectivity index (χ1v) is 6.11. The zero-order valence-corrected chi connectivity index (χ0v) is 10.9. The fraction of sp³-hybridized carbons (Fsp3) is 0.357. The lowest BCUT2D eigenvalue weighted by Gasteiger charge is -2.12. The van der Waals surface area contributed by atoms with Crippen LogP contribution in [0.1, 0.15) is 19.4 Å².